The van der Waals surface area contributed by atoms with E-state index in [2.05, 4.69) is 71.4 Å². The number of H-pyrrole nitrogens is 1. The Morgan fingerprint density at radius 1 is 0.817 bits per heavy atom. The van der Waals surface area contributed by atoms with Crippen molar-refractivity contribution in [3.05, 3.63) is 53.1 Å². The van der Waals surface area contributed by atoms with Gasteiger partial charge < -0.3 is 50.3 Å². The monoisotopic (exact) mass is 1010 g/mol. The summed E-state index contributed by atoms with van der Waals surface area (Å²) < 4.78 is 27.6. The maximum Gasteiger partial charge on any atom is 0.315 e. The number of unbranched alkanes of at least 4 members (excludes halogenated alkanes) is 2. The van der Waals surface area contributed by atoms with Crippen molar-refractivity contribution in [1.82, 2.24) is 31.5 Å². The van der Waals surface area contributed by atoms with Crippen LogP contribution in [0.3, 0.4) is 0 Å². The molecule has 1 aliphatic carbocycles. The number of aromatic nitrogens is 2. The number of nitrogens with one attached hydrogen (secondary N) is 6. The smallest absolute Gasteiger partial charge is 0.315 e. The molecule has 2 saturated heterocycles. The molecule has 0 radical (unpaired) electrons. The second-order valence-electron chi connectivity index (χ2n) is 18.0. The average Bonchev–Trinajstić information content (AvgIpc) is 4.16. The number of thioether (sulfide) groups is 1. The summed E-state index contributed by atoms with van der Waals surface area (Å²) in [5.41, 5.74) is 5.39. The van der Waals surface area contributed by atoms with Crippen LogP contribution in [0.25, 0.3) is 11.3 Å². The number of hydrogen-bond donors (Lipinski definition) is 6. The number of aromatic amines is 1. The Hall–Kier alpha value is -4.51. The first-order valence-electron chi connectivity index (χ1n) is 26.8. The molecule has 0 bridgehead atoms. The van der Waals surface area contributed by atoms with Gasteiger partial charge in [0.1, 0.15) is 0 Å². The minimum absolute atomic E-state index is 0.0283. The lowest BCUT2D eigenvalue weighted by molar-refractivity contribution is -0.121. The van der Waals surface area contributed by atoms with Crippen molar-refractivity contribution in [2.75, 3.05) is 78.0 Å². The number of carbonyl (C=O) groups excluding carboxylic acids is 3. The highest BCUT2D eigenvalue weighted by Crippen LogP contribution is 2.44. The highest BCUT2D eigenvalue weighted by atomic mass is 32.2. The number of nitrogens with zero attached hydrogens (tertiary/aromatic N) is 1. The predicted octanol–water partition coefficient (Wildman–Crippen LogP) is 10.7. The topological polar surface area (TPSA) is 186 Å². The zero-order valence-corrected chi connectivity index (χ0v) is 46.0. The first-order chi connectivity index (χ1) is 34.6. The Morgan fingerprint density at radius 3 is 2.14 bits per heavy atom. The summed E-state index contributed by atoms with van der Waals surface area (Å²) in [6, 6.07) is 11.6. The summed E-state index contributed by atoms with van der Waals surface area (Å²) >= 11 is 1.90. The van der Waals surface area contributed by atoms with E-state index in [4.69, 9.17) is 23.7 Å². The fourth-order valence-electron chi connectivity index (χ4n) is 9.49. The molecular formula is C55H91N7O8S. The second kappa shape index (κ2) is 34.8. The van der Waals surface area contributed by atoms with E-state index in [1.54, 1.807) is 26.4 Å². The minimum atomic E-state index is -0.198. The molecule has 0 spiro atoms. The molecule has 3 aliphatic rings. The summed E-state index contributed by atoms with van der Waals surface area (Å²) in [7, 11) is 3.24. The van der Waals surface area contributed by atoms with E-state index >= 15 is 0 Å². The van der Waals surface area contributed by atoms with Crippen molar-refractivity contribution >= 4 is 41.1 Å². The number of urea groups is 1. The molecule has 0 saturated carbocycles. The number of carbonyl (C=O) groups is 3. The summed E-state index contributed by atoms with van der Waals surface area (Å²) in [5, 5.41) is 23.1. The van der Waals surface area contributed by atoms with Crippen LogP contribution in [0.2, 0.25) is 0 Å². The summed E-state index contributed by atoms with van der Waals surface area (Å²) in [6.45, 7) is 23.0. The lowest BCUT2D eigenvalue weighted by Crippen LogP contribution is -2.36. The number of fused-ring (bicyclic) bond motifs is 4. The third-order valence-electron chi connectivity index (χ3n) is 12.9. The van der Waals surface area contributed by atoms with Gasteiger partial charge in [0.25, 0.3) is 5.91 Å². The van der Waals surface area contributed by atoms with Crippen LogP contribution < -0.4 is 36.1 Å². The number of amides is 4. The van der Waals surface area contributed by atoms with Crippen LogP contribution in [0.15, 0.2) is 36.4 Å². The van der Waals surface area contributed by atoms with Gasteiger partial charge in [0.15, 0.2) is 17.3 Å². The maximum absolute atomic E-state index is 12.8. The molecule has 5 unspecified atom stereocenters. The highest BCUT2D eigenvalue weighted by molar-refractivity contribution is 8.00. The van der Waals surface area contributed by atoms with Crippen molar-refractivity contribution in [2.45, 2.75) is 150 Å². The molecule has 2 aromatic carbocycles. The third-order valence-corrected chi connectivity index (χ3v) is 14.5. The van der Waals surface area contributed by atoms with Gasteiger partial charge in [0, 0.05) is 59.3 Å². The van der Waals surface area contributed by atoms with E-state index in [-0.39, 0.29) is 29.9 Å². The van der Waals surface area contributed by atoms with Gasteiger partial charge in [0.05, 0.1) is 71.6 Å². The quantitative estimate of drug-likeness (QED) is 0.0216. The second-order valence-corrected chi connectivity index (χ2v) is 19.3. The van der Waals surface area contributed by atoms with Crippen molar-refractivity contribution < 1.29 is 38.1 Å². The summed E-state index contributed by atoms with van der Waals surface area (Å²) in [5.74, 6) is 5.65. The Labute approximate surface area is 430 Å². The van der Waals surface area contributed by atoms with Crippen molar-refractivity contribution in [2.24, 2.45) is 17.8 Å². The van der Waals surface area contributed by atoms with E-state index in [1.807, 2.05) is 63.7 Å². The normalized spacial score (nSPS) is 16.8. The fourth-order valence-corrected chi connectivity index (χ4v) is 11.0. The lowest BCUT2D eigenvalue weighted by Gasteiger charge is -2.29. The molecule has 6 N–H and O–H groups in total. The van der Waals surface area contributed by atoms with E-state index < -0.39 is 0 Å². The Kier molecular flexibility index (Phi) is 29.8. The first-order valence-corrected chi connectivity index (χ1v) is 27.8. The maximum atomic E-state index is 12.8. The van der Waals surface area contributed by atoms with Crippen LogP contribution in [0, 0.1) is 17.8 Å². The molecule has 71 heavy (non-hydrogen) atoms. The van der Waals surface area contributed by atoms with Gasteiger partial charge in [0.2, 0.25) is 5.91 Å². The Morgan fingerprint density at radius 2 is 1.49 bits per heavy atom. The number of ether oxygens (including phenoxy) is 5. The van der Waals surface area contributed by atoms with Gasteiger partial charge in [-0.05, 0) is 66.5 Å². The fraction of sp³-hybridized carbons (Fsp3) is 0.673. The number of benzene rings is 2. The minimum Gasteiger partial charge on any atom is -0.493 e. The van der Waals surface area contributed by atoms with E-state index in [1.165, 1.54) is 38.5 Å². The number of rotatable bonds is 30. The van der Waals surface area contributed by atoms with Crippen LogP contribution in [0.1, 0.15) is 148 Å². The summed E-state index contributed by atoms with van der Waals surface area (Å²) in [6.07, 6.45) is 12.4. The van der Waals surface area contributed by atoms with Gasteiger partial charge in [-0.1, -0.05) is 113 Å². The molecule has 16 heteroatoms. The Bertz CT molecular complexity index is 1980. The van der Waals surface area contributed by atoms with Crippen LogP contribution in [0.4, 0.5) is 16.3 Å². The van der Waals surface area contributed by atoms with Crippen LogP contribution in [-0.4, -0.2) is 118 Å². The predicted molar refractivity (Wildman–Crippen MR) is 291 cm³/mol. The number of anilines is 2. The molecule has 6 rings (SSSR count). The molecule has 3 heterocycles. The average molecular weight is 1010 g/mol. The Balaban J connectivity index is 0.000000635. The van der Waals surface area contributed by atoms with Gasteiger partial charge >= 0.3 is 6.03 Å². The zero-order chi connectivity index (χ0) is 52.0. The van der Waals surface area contributed by atoms with Gasteiger partial charge in [-0.25, -0.2) is 4.79 Å². The molecule has 5 atom stereocenters. The van der Waals surface area contributed by atoms with E-state index in [0.717, 1.165) is 70.8 Å². The van der Waals surface area contributed by atoms with Gasteiger partial charge in [-0.3, -0.25) is 14.7 Å². The standard InChI is InChI=1S/C37H49N7O8S.C14H30.2C2H6/c1-48-29-20-24-19-27-33(26(24)21-30(29)49-2)43-44-35(27)40-25-7-5-6-23(18-25)36(46)39-11-13-51-15-17-52-16-14-50-12-10-38-32(45)9-4-3-8-31-34-28(22-53-31)41-37(47)42-34;1-6-9-11-13(10-7-2)14(8-3)12(4)5;2*1-2/h5-7,18,20-21,28,31,34H,3-4,8-17,19,22H2,1-2H3,(H,38,45)(H,39,46)(H2,40,43,44)(H2,41,42,47);12-14H,6-11H2,1-5H3;2*1-2H3. The molecule has 2 aliphatic heterocycles. The molecule has 3 aromatic rings. The van der Waals surface area contributed by atoms with Crippen LogP contribution in [-0.2, 0) is 25.4 Å². The van der Waals surface area contributed by atoms with Crippen molar-refractivity contribution in [3.8, 4) is 22.8 Å². The summed E-state index contributed by atoms with van der Waals surface area (Å²) in [4.78, 5) is 36.4. The largest absolute Gasteiger partial charge is 0.493 e. The molecule has 400 valence electrons. The zero-order valence-electron chi connectivity index (χ0n) is 45.2. The third kappa shape index (κ3) is 19.8. The van der Waals surface area contributed by atoms with Crippen molar-refractivity contribution in [1.29, 1.82) is 0 Å². The van der Waals surface area contributed by atoms with E-state index in [0.29, 0.717) is 93.7 Å². The molecular weight excluding hydrogens is 919 g/mol. The number of hydrogen-bond acceptors (Lipinski definition) is 11. The van der Waals surface area contributed by atoms with Crippen LogP contribution >= 0.6 is 11.8 Å². The first kappa shape index (κ1) is 60.8. The van der Waals surface area contributed by atoms with Crippen molar-refractivity contribution in [3.63, 3.8) is 0 Å². The van der Waals surface area contributed by atoms with E-state index in [9.17, 15) is 14.4 Å². The van der Waals surface area contributed by atoms with Gasteiger partial charge in [-0.15, -0.1) is 0 Å². The highest BCUT2D eigenvalue weighted by Gasteiger charge is 2.42. The van der Waals surface area contributed by atoms with Gasteiger partial charge in [-0.2, -0.15) is 16.9 Å². The molecule has 2 fully saturated rings. The molecule has 15 nitrogen and oxygen atoms in total. The molecule has 1 aromatic heterocycles. The van der Waals surface area contributed by atoms with Crippen LogP contribution in [0.5, 0.6) is 11.5 Å². The number of methoxy groups -OCH3 is 2. The lowest BCUT2D eigenvalue weighted by atomic mass is 9.77. The SMILES string of the molecule is CC.CC.CCCCC(CCC)C(CC)C(C)C.COc1cc2c(cc1OC)-c1[nH]nc(Nc3cccc(C(=O)NCCOCCOCCOCCNC(=O)CCCCC4SCC5NC(=O)NC54)c3)c1C2. The molecule has 4 amide bonds.